The summed E-state index contributed by atoms with van der Waals surface area (Å²) >= 11 is 1.62. The number of hydrogen-bond acceptors (Lipinski definition) is 5. The minimum atomic E-state index is 0.347. The van der Waals surface area contributed by atoms with Gasteiger partial charge in [-0.15, -0.1) is 5.10 Å². The summed E-state index contributed by atoms with van der Waals surface area (Å²) in [5.41, 5.74) is 0. The molecule has 7 heteroatoms. The molecule has 1 aromatic rings. The zero-order chi connectivity index (χ0) is 17.9. The lowest BCUT2D eigenvalue weighted by Crippen LogP contribution is -2.42. The molecule has 1 aliphatic carbocycles. The Bertz CT molecular complexity index is 501. The van der Waals surface area contributed by atoms with Crippen LogP contribution in [0.4, 0.5) is 0 Å². The van der Waals surface area contributed by atoms with Gasteiger partial charge in [-0.25, -0.2) is 4.68 Å². The number of aromatic nitrogens is 4. The standard InChI is InChI=1S/C18H33N5OS/c1-3-4-5-9-14-23(16-11-7-6-8-12-16)17(24)13-10-15-25-18-19-20-21-22(18)2/h16H,3-15H2,1-2H3. The molecule has 0 atom stereocenters. The third-order valence-corrected chi connectivity index (χ3v) is 6.03. The Hall–Kier alpha value is -1.11. The van der Waals surface area contributed by atoms with Gasteiger partial charge in [0.25, 0.3) is 0 Å². The topological polar surface area (TPSA) is 63.9 Å². The van der Waals surface area contributed by atoms with Gasteiger partial charge in [0.2, 0.25) is 11.1 Å². The summed E-state index contributed by atoms with van der Waals surface area (Å²) < 4.78 is 1.68. The van der Waals surface area contributed by atoms with Gasteiger partial charge in [0.05, 0.1) is 0 Å². The number of tetrazole rings is 1. The van der Waals surface area contributed by atoms with Crippen LogP contribution in [0, 0.1) is 0 Å². The average molecular weight is 368 g/mol. The van der Waals surface area contributed by atoms with E-state index in [2.05, 4.69) is 27.3 Å². The fourth-order valence-electron chi connectivity index (χ4n) is 3.49. The lowest BCUT2D eigenvalue weighted by Gasteiger charge is -2.34. The zero-order valence-corrected chi connectivity index (χ0v) is 16.6. The molecule has 0 N–H and O–H groups in total. The van der Waals surface area contributed by atoms with E-state index in [0.29, 0.717) is 18.4 Å². The molecule has 0 bridgehead atoms. The monoisotopic (exact) mass is 367 g/mol. The molecule has 0 unspecified atom stereocenters. The second-order valence-corrected chi connectivity index (χ2v) is 8.04. The van der Waals surface area contributed by atoms with Crippen LogP contribution in [0.2, 0.25) is 0 Å². The zero-order valence-electron chi connectivity index (χ0n) is 15.8. The highest BCUT2D eigenvalue weighted by Gasteiger charge is 2.24. The molecule has 1 heterocycles. The summed E-state index contributed by atoms with van der Waals surface area (Å²) in [5, 5.41) is 12.3. The fraction of sp³-hybridized carbons (Fsp3) is 0.889. The highest BCUT2D eigenvalue weighted by molar-refractivity contribution is 7.99. The van der Waals surface area contributed by atoms with Gasteiger partial charge in [0, 0.05) is 31.8 Å². The first-order valence-electron chi connectivity index (χ1n) is 9.87. The van der Waals surface area contributed by atoms with Crippen LogP contribution in [0.3, 0.4) is 0 Å². The van der Waals surface area contributed by atoms with Crippen molar-refractivity contribution < 1.29 is 4.79 Å². The van der Waals surface area contributed by atoms with Gasteiger partial charge >= 0.3 is 0 Å². The van der Waals surface area contributed by atoms with E-state index in [1.807, 2.05) is 7.05 Å². The van der Waals surface area contributed by atoms with Crippen LogP contribution in [0.25, 0.3) is 0 Å². The van der Waals surface area contributed by atoms with Gasteiger partial charge in [-0.05, 0) is 36.1 Å². The molecule has 142 valence electrons. The summed E-state index contributed by atoms with van der Waals surface area (Å²) in [6, 6.07) is 0.485. The molecule has 0 aliphatic heterocycles. The Morgan fingerprint density at radius 3 is 2.68 bits per heavy atom. The highest BCUT2D eigenvalue weighted by atomic mass is 32.2. The molecule has 1 aromatic heterocycles. The molecule has 25 heavy (non-hydrogen) atoms. The molecule has 1 amide bonds. The van der Waals surface area contributed by atoms with Crippen molar-refractivity contribution in [3.05, 3.63) is 0 Å². The molecule has 0 spiro atoms. The minimum Gasteiger partial charge on any atom is -0.340 e. The molecule has 1 fully saturated rings. The third-order valence-electron chi connectivity index (χ3n) is 4.94. The number of aryl methyl sites for hydroxylation is 1. The molecular formula is C18H33N5OS. The molecule has 6 nitrogen and oxygen atoms in total. The predicted octanol–water partition coefficient (Wildman–Crippen LogP) is 3.82. The summed E-state index contributed by atoms with van der Waals surface area (Å²) in [4.78, 5) is 15.0. The maximum atomic E-state index is 12.8. The van der Waals surface area contributed by atoms with Gasteiger partial charge < -0.3 is 4.90 Å². The second kappa shape index (κ2) is 11.5. The summed E-state index contributed by atoms with van der Waals surface area (Å²) in [6.07, 6.45) is 12.7. The summed E-state index contributed by atoms with van der Waals surface area (Å²) in [5.74, 6) is 1.23. The first-order valence-corrected chi connectivity index (χ1v) is 10.9. The van der Waals surface area contributed by atoms with Crippen LogP contribution in [0.1, 0.15) is 77.6 Å². The molecule has 1 saturated carbocycles. The highest BCUT2D eigenvalue weighted by Crippen LogP contribution is 2.24. The van der Waals surface area contributed by atoms with E-state index in [9.17, 15) is 4.79 Å². The molecule has 1 aliphatic rings. The van der Waals surface area contributed by atoms with E-state index in [1.54, 1.807) is 16.4 Å². The van der Waals surface area contributed by atoms with E-state index in [4.69, 9.17) is 0 Å². The van der Waals surface area contributed by atoms with Crippen molar-refractivity contribution in [1.82, 2.24) is 25.1 Å². The lowest BCUT2D eigenvalue weighted by molar-refractivity contribution is -0.134. The molecule has 0 saturated heterocycles. The molecular weight excluding hydrogens is 334 g/mol. The maximum Gasteiger partial charge on any atom is 0.222 e. The minimum absolute atomic E-state index is 0.347. The number of carbonyl (C=O) groups is 1. The first kappa shape index (κ1) is 20.2. The van der Waals surface area contributed by atoms with E-state index >= 15 is 0 Å². The van der Waals surface area contributed by atoms with Crippen LogP contribution in [0.5, 0.6) is 0 Å². The van der Waals surface area contributed by atoms with Crippen LogP contribution in [-0.2, 0) is 11.8 Å². The molecule has 0 radical (unpaired) electrons. The normalized spacial score (nSPS) is 15.4. The third kappa shape index (κ3) is 6.96. The van der Waals surface area contributed by atoms with Crippen LogP contribution < -0.4 is 0 Å². The fourth-order valence-corrected chi connectivity index (χ4v) is 4.28. The Labute approximate surface area is 156 Å². The summed E-state index contributed by atoms with van der Waals surface area (Å²) in [7, 11) is 1.84. The van der Waals surface area contributed by atoms with Gasteiger partial charge in [-0.1, -0.05) is 57.2 Å². The Balaban J connectivity index is 1.76. The van der Waals surface area contributed by atoms with Gasteiger partial charge in [0.15, 0.2) is 0 Å². The summed E-state index contributed by atoms with van der Waals surface area (Å²) in [6.45, 7) is 3.18. The van der Waals surface area contributed by atoms with Crippen LogP contribution in [0.15, 0.2) is 5.16 Å². The number of thioether (sulfide) groups is 1. The average Bonchev–Trinajstić information content (AvgIpc) is 3.04. The smallest absolute Gasteiger partial charge is 0.222 e. The van der Waals surface area contributed by atoms with Crippen molar-refractivity contribution >= 4 is 17.7 Å². The number of amides is 1. The Kier molecular flexibility index (Phi) is 9.29. The number of hydrogen-bond donors (Lipinski definition) is 0. The van der Waals surface area contributed by atoms with Crippen molar-refractivity contribution in [3.63, 3.8) is 0 Å². The van der Waals surface area contributed by atoms with Crippen LogP contribution >= 0.6 is 11.8 Å². The second-order valence-electron chi connectivity index (χ2n) is 6.98. The van der Waals surface area contributed by atoms with Gasteiger partial charge in [-0.3, -0.25) is 4.79 Å². The van der Waals surface area contributed by atoms with Crippen LogP contribution in [-0.4, -0.2) is 49.4 Å². The maximum absolute atomic E-state index is 12.8. The van der Waals surface area contributed by atoms with Crippen molar-refractivity contribution in [2.45, 2.75) is 88.8 Å². The largest absolute Gasteiger partial charge is 0.340 e. The van der Waals surface area contributed by atoms with Crippen molar-refractivity contribution in [1.29, 1.82) is 0 Å². The lowest BCUT2D eigenvalue weighted by atomic mass is 9.93. The number of carbonyl (C=O) groups excluding carboxylic acids is 1. The first-order chi connectivity index (χ1) is 12.2. The Morgan fingerprint density at radius 2 is 2.00 bits per heavy atom. The van der Waals surface area contributed by atoms with Gasteiger partial charge in [0.1, 0.15) is 0 Å². The number of nitrogens with zero attached hydrogens (tertiary/aromatic N) is 5. The van der Waals surface area contributed by atoms with Crippen molar-refractivity contribution in [2.24, 2.45) is 7.05 Å². The molecule has 2 rings (SSSR count). The molecule has 0 aromatic carbocycles. The van der Waals surface area contributed by atoms with Crippen molar-refractivity contribution in [3.8, 4) is 0 Å². The predicted molar refractivity (Wildman–Crippen MR) is 101 cm³/mol. The SMILES string of the molecule is CCCCCCN(C(=O)CCCSc1nnnn1C)C1CCCCC1. The van der Waals surface area contributed by atoms with E-state index in [-0.39, 0.29) is 0 Å². The van der Waals surface area contributed by atoms with Crippen molar-refractivity contribution in [2.75, 3.05) is 12.3 Å². The van der Waals surface area contributed by atoms with E-state index in [0.717, 1.165) is 30.3 Å². The number of unbranched alkanes of at least 4 members (excludes halogenated alkanes) is 3. The Morgan fingerprint density at radius 1 is 1.20 bits per heavy atom. The van der Waals surface area contributed by atoms with E-state index in [1.165, 1.54) is 51.4 Å². The number of rotatable bonds is 11. The van der Waals surface area contributed by atoms with Gasteiger partial charge in [-0.2, -0.15) is 0 Å². The van der Waals surface area contributed by atoms with E-state index < -0.39 is 0 Å². The quantitative estimate of drug-likeness (QED) is 0.439.